The van der Waals surface area contributed by atoms with Crippen LogP contribution in [0.1, 0.15) is 55.2 Å². The third-order valence-corrected chi connectivity index (χ3v) is 6.06. The standard InChI is InChI=1S/C17H20F2N2OS/c1-12(17-15(18)7-4-8-16(17)19)23(22)11-13-9-10-21(20-13)14-5-2-3-6-14/h4,7-10,12,14H,2-3,5-6,11H2,1H3/t12-,23+/m1/s1. The van der Waals surface area contributed by atoms with Gasteiger partial charge in [0.05, 0.1) is 22.7 Å². The Morgan fingerprint density at radius 3 is 2.57 bits per heavy atom. The summed E-state index contributed by atoms with van der Waals surface area (Å²) >= 11 is 0. The molecule has 0 aliphatic heterocycles. The van der Waals surface area contributed by atoms with Gasteiger partial charge in [0, 0.05) is 22.6 Å². The minimum absolute atomic E-state index is 0.110. The van der Waals surface area contributed by atoms with Crippen LogP contribution in [0.5, 0.6) is 0 Å². The van der Waals surface area contributed by atoms with Gasteiger partial charge in [0.1, 0.15) is 11.6 Å². The molecule has 2 aromatic rings. The smallest absolute Gasteiger partial charge is 0.130 e. The molecule has 23 heavy (non-hydrogen) atoms. The lowest BCUT2D eigenvalue weighted by molar-refractivity contribution is 0.464. The van der Waals surface area contributed by atoms with Gasteiger partial charge in [-0.3, -0.25) is 8.89 Å². The number of hydrogen-bond donors (Lipinski definition) is 0. The number of rotatable bonds is 5. The molecule has 124 valence electrons. The van der Waals surface area contributed by atoms with Crippen molar-refractivity contribution in [2.45, 2.75) is 49.7 Å². The summed E-state index contributed by atoms with van der Waals surface area (Å²) in [6, 6.07) is 5.98. The maximum Gasteiger partial charge on any atom is 0.130 e. The Bertz CT molecular complexity index is 690. The average molecular weight is 338 g/mol. The largest absolute Gasteiger partial charge is 0.269 e. The quantitative estimate of drug-likeness (QED) is 0.815. The third-order valence-electron chi connectivity index (χ3n) is 4.45. The zero-order chi connectivity index (χ0) is 16.4. The lowest BCUT2D eigenvalue weighted by Gasteiger charge is -2.13. The highest BCUT2D eigenvalue weighted by atomic mass is 32.2. The number of benzene rings is 1. The van der Waals surface area contributed by atoms with Crippen molar-refractivity contribution in [1.29, 1.82) is 0 Å². The zero-order valence-corrected chi connectivity index (χ0v) is 13.9. The first kappa shape index (κ1) is 16.3. The van der Waals surface area contributed by atoms with E-state index < -0.39 is 27.7 Å². The van der Waals surface area contributed by atoms with Crippen molar-refractivity contribution in [3.63, 3.8) is 0 Å². The van der Waals surface area contributed by atoms with Gasteiger partial charge in [-0.05, 0) is 38.0 Å². The summed E-state index contributed by atoms with van der Waals surface area (Å²) in [4.78, 5) is 0. The topological polar surface area (TPSA) is 34.9 Å². The van der Waals surface area contributed by atoms with Gasteiger partial charge in [0.2, 0.25) is 0 Å². The molecule has 0 bridgehead atoms. The molecule has 1 heterocycles. The molecule has 6 heteroatoms. The van der Waals surface area contributed by atoms with E-state index in [0.717, 1.165) is 12.8 Å². The first-order chi connectivity index (χ1) is 11.1. The highest BCUT2D eigenvalue weighted by Crippen LogP contribution is 2.30. The van der Waals surface area contributed by atoms with Crippen LogP contribution in [0.4, 0.5) is 8.78 Å². The monoisotopic (exact) mass is 338 g/mol. The van der Waals surface area contributed by atoms with Crippen molar-refractivity contribution in [3.8, 4) is 0 Å². The van der Waals surface area contributed by atoms with E-state index in [1.807, 2.05) is 16.9 Å². The van der Waals surface area contributed by atoms with Crippen LogP contribution in [0.25, 0.3) is 0 Å². The first-order valence-corrected chi connectivity index (χ1v) is 9.29. The summed E-state index contributed by atoms with van der Waals surface area (Å²) in [6.45, 7) is 1.59. The Labute approximate surface area is 137 Å². The van der Waals surface area contributed by atoms with Crippen molar-refractivity contribution in [3.05, 3.63) is 53.4 Å². The molecular formula is C17H20F2N2OS. The Morgan fingerprint density at radius 1 is 1.26 bits per heavy atom. The van der Waals surface area contributed by atoms with Gasteiger partial charge in [0.25, 0.3) is 0 Å². The highest BCUT2D eigenvalue weighted by molar-refractivity contribution is 7.84. The minimum atomic E-state index is -1.43. The summed E-state index contributed by atoms with van der Waals surface area (Å²) in [5, 5.41) is 3.77. The van der Waals surface area contributed by atoms with Gasteiger partial charge in [0.15, 0.2) is 0 Å². The second-order valence-corrected chi connectivity index (χ2v) is 7.79. The van der Waals surface area contributed by atoms with E-state index in [9.17, 15) is 13.0 Å². The molecule has 2 atom stereocenters. The molecule has 0 radical (unpaired) electrons. The molecule has 0 unspecified atom stereocenters. The fraction of sp³-hybridized carbons (Fsp3) is 0.471. The number of halogens is 2. The molecule has 0 amide bonds. The lowest BCUT2D eigenvalue weighted by atomic mass is 10.1. The highest BCUT2D eigenvalue weighted by Gasteiger charge is 2.23. The molecule has 1 aliphatic carbocycles. The molecule has 3 rings (SSSR count). The van der Waals surface area contributed by atoms with Crippen LogP contribution in [0.3, 0.4) is 0 Å². The fourth-order valence-corrected chi connectivity index (χ4v) is 4.31. The average Bonchev–Trinajstić information content (AvgIpc) is 3.17. The van der Waals surface area contributed by atoms with E-state index >= 15 is 0 Å². The molecule has 0 saturated heterocycles. The van der Waals surface area contributed by atoms with E-state index in [0.29, 0.717) is 11.7 Å². The molecule has 0 N–H and O–H groups in total. The van der Waals surface area contributed by atoms with E-state index in [4.69, 9.17) is 0 Å². The van der Waals surface area contributed by atoms with Gasteiger partial charge in [-0.25, -0.2) is 8.78 Å². The third kappa shape index (κ3) is 3.52. The molecule has 1 aromatic heterocycles. The minimum Gasteiger partial charge on any atom is -0.269 e. The van der Waals surface area contributed by atoms with E-state index in [-0.39, 0.29) is 11.3 Å². The van der Waals surface area contributed by atoms with Crippen LogP contribution >= 0.6 is 0 Å². The normalized spacial score (nSPS) is 18.2. The predicted molar refractivity (Wildman–Crippen MR) is 86.4 cm³/mol. The van der Waals surface area contributed by atoms with Crippen molar-refractivity contribution in [2.75, 3.05) is 0 Å². The summed E-state index contributed by atoms with van der Waals surface area (Å²) in [5.74, 6) is -1.10. The van der Waals surface area contributed by atoms with Crippen LogP contribution in [0.15, 0.2) is 30.5 Å². The Kier molecular flexibility index (Phi) is 4.90. The van der Waals surface area contributed by atoms with Crippen LogP contribution in [0, 0.1) is 11.6 Å². The van der Waals surface area contributed by atoms with Gasteiger partial charge in [-0.1, -0.05) is 18.9 Å². The Hall–Kier alpha value is -1.56. The Balaban J connectivity index is 1.71. The zero-order valence-electron chi connectivity index (χ0n) is 13.0. The molecule has 3 nitrogen and oxygen atoms in total. The molecule has 0 spiro atoms. The first-order valence-electron chi connectivity index (χ1n) is 7.91. The van der Waals surface area contributed by atoms with E-state index in [1.54, 1.807) is 6.92 Å². The molecule has 1 fully saturated rings. The van der Waals surface area contributed by atoms with E-state index in [1.165, 1.54) is 31.0 Å². The Morgan fingerprint density at radius 2 is 1.91 bits per heavy atom. The second-order valence-electron chi connectivity index (χ2n) is 6.03. The molecule has 1 aliphatic rings. The van der Waals surface area contributed by atoms with Crippen LogP contribution in [-0.2, 0) is 16.6 Å². The second kappa shape index (κ2) is 6.91. The number of hydrogen-bond acceptors (Lipinski definition) is 2. The van der Waals surface area contributed by atoms with Gasteiger partial charge >= 0.3 is 0 Å². The van der Waals surface area contributed by atoms with Crippen molar-refractivity contribution < 1.29 is 13.0 Å². The van der Waals surface area contributed by atoms with Crippen molar-refractivity contribution >= 4 is 10.8 Å². The van der Waals surface area contributed by atoms with Crippen LogP contribution < -0.4 is 0 Å². The van der Waals surface area contributed by atoms with Crippen molar-refractivity contribution in [1.82, 2.24) is 9.78 Å². The summed E-state index contributed by atoms with van der Waals surface area (Å²) < 4.78 is 42.0. The maximum atomic E-state index is 13.8. The number of aromatic nitrogens is 2. The molecule has 1 aromatic carbocycles. The predicted octanol–water partition coefficient (Wildman–Crippen LogP) is 4.29. The van der Waals surface area contributed by atoms with Crippen LogP contribution in [0.2, 0.25) is 0 Å². The molecular weight excluding hydrogens is 318 g/mol. The lowest BCUT2D eigenvalue weighted by Crippen LogP contribution is -2.11. The maximum absolute atomic E-state index is 13.8. The van der Waals surface area contributed by atoms with Gasteiger partial charge in [-0.2, -0.15) is 5.10 Å². The summed E-state index contributed by atoms with van der Waals surface area (Å²) in [7, 11) is -1.43. The van der Waals surface area contributed by atoms with Crippen molar-refractivity contribution in [2.24, 2.45) is 0 Å². The van der Waals surface area contributed by atoms with Gasteiger partial charge in [-0.15, -0.1) is 0 Å². The SMILES string of the molecule is C[C@H](c1c(F)cccc1F)[S@@](=O)Cc1ccn(C2CCCC2)n1. The van der Waals surface area contributed by atoms with E-state index in [2.05, 4.69) is 5.10 Å². The number of nitrogens with zero attached hydrogens (tertiary/aromatic N) is 2. The van der Waals surface area contributed by atoms with Gasteiger partial charge < -0.3 is 0 Å². The fourth-order valence-electron chi connectivity index (χ4n) is 3.13. The summed E-state index contributed by atoms with van der Waals surface area (Å²) in [5.41, 5.74) is 0.597. The summed E-state index contributed by atoms with van der Waals surface area (Å²) in [6.07, 6.45) is 6.60. The molecule has 1 saturated carbocycles. The van der Waals surface area contributed by atoms with Crippen LogP contribution in [-0.4, -0.2) is 14.0 Å².